The summed E-state index contributed by atoms with van der Waals surface area (Å²) in [5.74, 6) is -0.347. The van der Waals surface area contributed by atoms with Gasteiger partial charge in [-0.05, 0) is 68.8 Å². The molecule has 7 nitrogen and oxygen atoms in total. The highest BCUT2D eigenvalue weighted by molar-refractivity contribution is 7.89. The van der Waals surface area contributed by atoms with Gasteiger partial charge in [0, 0.05) is 29.9 Å². The average Bonchev–Trinajstić information content (AvgIpc) is 3.09. The van der Waals surface area contributed by atoms with Crippen molar-refractivity contribution in [1.82, 2.24) is 4.72 Å². The van der Waals surface area contributed by atoms with Crippen molar-refractivity contribution in [2.75, 3.05) is 23.8 Å². The summed E-state index contributed by atoms with van der Waals surface area (Å²) in [5, 5.41) is 2.79. The van der Waals surface area contributed by atoms with Crippen LogP contribution in [-0.4, -0.2) is 33.8 Å². The van der Waals surface area contributed by atoms with Gasteiger partial charge < -0.3 is 10.2 Å². The Morgan fingerprint density at radius 1 is 1.14 bits per heavy atom. The van der Waals surface area contributed by atoms with Gasteiger partial charge in [-0.2, -0.15) is 0 Å². The van der Waals surface area contributed by atoms with Crippen LogP contribution < -0.4 is 14.9 Å². The fourth-order valence-corrected chi connectivity index (χ4v) is 4.29. The minimum absolute atomic E-state index is 0.0690. The zero-order valence-electron chi connectivity index (χ0n) is 16.1. The highest BCUT2D eigenvalue weighted by Gasteiger charge is 2.22. The lowest BCUT2D eigenvalue weighted by molar-refractivity contribution is -0.117. The number of hydrogen-bond acceptors (Lipinski definition) is 4. The topological polar surface area (TPSA) is 95.6 Å². The number of benzene rings is 2. The third kappa shape index (κ3) is 3.93. The van der Waals surface area contributed by atoms with E-state index < -0.39 is 15.9 Å². The van der Waals surface area contributed by atoms with E-state index in [0.29, 0.717) is 29.8 Å². The van der Waals surface area contributed by atoms with E-state index >= 15 is 0 Å². The number of amides is 2. The number of nitrogens with one attached hydrogen (secondary N) is 2. The molecule has 1 fully saturated rings. The molecule has 0 aliphatic carbocycles. The lowest BCUT2D eigenvalue weighted by Gasteiger charge is -2.17. The van der Waals surface area contributed by atoms with Crippen LogP contribution in [0.15, 0.2) is 41.3 Å². The quantitative estimate of drug-likeness (QED) is 0.805. The number of carbonyl (C=O) groups is 2. The molecular formula is C20H23N3O4S. The maximum atomic E-state index is 12.7. The van der Waals surface area contributed by atoms with E-state index in [2.05, 4.69) is 10.0 Å². The van der Waals surface area contributed by atoms with Crippen molar-refractivity contribution in [1.29, 1.82) is 0 Å². The van der Waals surface area contributed by atoms with E-state index in [-0.39, 0.29) is 16.4 Å². The van der Waals surface area contributed by atoms with Gasteiger partial charge in [0.1, 0.15) is 0 Å². The molecular weight excluding hydrogens is 378 g/mol. The fraction of sp³-hybridized carbons (Fsp3) is 0.300. The Morgan fingerprint density at radius 3 is 2.54 bits per heavy atom. The molecule has 2 N–H and O–H groups in total. The summed E-state index contributed by atoms with van der Waals surface area (Å²) in [5.41, 5.74) is 2.83. The number of anilines is 2. The summed E-state index contributed by atoms with van der Waals surface area (Å²) >= 11 is 0. The molecule has 1 heterocycles. The van der Waals surface area contributed by atoms with Crippen molar-refractivity contribution < 1.29 is 18.0 Å². The van der Waals surface area contributed by atoms with Crippen LogP contribution in [0.25, 0.3) is 0 Å². The molecule has 0 aromatic heterocycles. The molecule has 2 aromatic carbocycles. The van der Waals surface area contributed by atoms with Gasteiger partial charge in [-0.1, -0.05) is 6.07 Å². The van der Waals surface area contributed by atoms with E-state index in [1.807, 2.05) is 6.07 Å². The lowest BCUT2D eigenvalue weighted by Crippen LogP contribution is -2.24. The van der Waals surface area contributed by atoms with Gasteiger partial charge in [0.05, 0.1) is 4.90 Å². The van der Waals surface area contributed by atoms with Crippen LogP contribution in [0.5, 0.6) is 0 Å². The van der Waals surface area contributed by atoms with E-state index in [1.165, 1.54) is 13.1 Å². The second kappa shape index (κ2) is 7.73. The van der Waals surface area contributed by atoms with Gasteiger partial charge in [0.25, 0.3) is 5.91 Å². The largest absolute Gasteiger partial charge is 0.322 e. The van der Waals surface area contributed by atoms with Gasteiger partial charge >= 0.3 is 0 Å². The number of rotatable bonds is 5. The molecule has 1 saturated heterocycles. The minimum Gasteiger partial charge on any atom is -0.322 e. The van der Waals surface area contributed by atoms with E-state index in [0.717, 1.165) is 12.1 Å². The molecule has 2 aromatic rings. The first-order valence-corrected chi connectivity index (χ1v) is 10.5. The molecule has 0 bridgehead atoms. The zero-order chi connectivity index (χ0) is 20.5. The van der Waals surface area contributed by atoms with Crippen LogP contribution >= 0.6 is 0 Å². The Morgan fingerprint density at radius 2 is 1.89 bits per heavy atom. The lowest BCUT2D eigenvalue weighted by atomic mass is 10.1. The summed E-state index contributed by atoms with van der Waals surface area (Å²) in [7, 11) is -2.34. The molecule has 0 radical (unpaired) electrons. The van der Waals surface area contributed by atoms with Gasteiger partial charge in [0.15, 0.2) is 0 Å². The van der Waals surface area contributed by atoms with Crippen molar-refractivity contribution in [2.45, 2.75) is 31.6 Å². The first-order chi connectivity index (χ1) is 13.2. The number of sulfonamides is 1. The molecule has 0 unspecified atom stereocenters. The zero-order valence-corrected chi connectivity index (χ0v) is 16.9. The monoisotopic (exact) mass is 401 g/mol. The first-order valence-electron chi connectivity index (χ1n) is 8.99. The number of hydrogen-bond donors (Lipinski definition) is 2. The van der Waals surface area contributed by atoms with Crippen LogP contribution in [0.2, 0.25) is 0 Å². The third-order valence-electron chi connectivity index (χ3n) is 4.93. The van der Waals surface area contributed by atoms with Gasteiger partial charge in [-0.3, -0.25) is 9.59 Å². The minimum atomic E-state index is -3.68. The fourth-order valence-electron chi connectivity index (χ4n) is 3.22. The smallest absolute Gasteiger partial charge is 0.255 e. The summed E-state index contributed by atoms with van der Waals surface area (Å²) in [6.45, 7) is 4.14. The van der Waals surface area contributed by atoms with Gasteiger partial charge in [-0.25, -0.2) is 13.1 Å². The highest BCUT2D eigenvalue weighted by atomic mass is 32.2. The first kappa shape index (κ1) is 20.0. The van der Waals surface area contributed by atoms with Crippen molar-refractivity contribution in [2.24, 2.45) is 0 Å². The molecule has 0 spiro atoms. The Labute approximate surface area is 164 Å². The van der Waals surface area contributed by atoms with Crippen molar-refractivity contribution in [3.8, 4) is 0 Å². The molecule has 28 heavy (non-hydrogen) atoms. The van der Waals surface area contributed by atoms with Crippen LogP contribution in [0, 0.1) is 13.8 Å². The van der Waals surface area contributed by atoms with Crippen LogP contribution in [0.3, 0.4) is 0 Å². The molecule has 0 atom stereocenters. The van der Waals surface area contributed by atoms with E-state index in [9.17, 15) is 18.0 Å². The predicted molar refractivity (Wildman–Crippen MR) is 108 cm³/mol. The Kier molecular flexibility index (Phi) is 5.53. The van der Waals surface area contributed by atoms with Crippen molar-refractivity contribution in [3.63, 3.8) is 0 Å². The van der Waals surface area contributed by atoms with Gasteiger partial charge in [0.2, 0.25) is 15.9 Å². The number of carbonyl (C=O) groups excluding carboxylic acids is 2. The third-order valence-corrected chi connectivity index (χ3v) is 6.47. The van der Waals surface area contributed by atoms with Crippen LogP contribution in [0.4, 0.5) is 11.4 Å². The van der Waals surface area contributed by atoms with Crippen molar-refractivity contribution in [3.05, 3.63) is 53.1 Å². The summed E-state index contributed by atoms with van der Waals surface area (Å²) in [6, 6.07) is 10.1. The Bertz CT molecular complexity index is 1050. The standard InChI is InChI=1S/C20H23N3O4S/c1-13-10-15(11-18(14(13)2)28(26,27)21-3)20(25)22-16-6-4-7-17(12-16)23-9-5-8-19(23)24/h4,6-7,10-12,21H,5,8-9H2,1-3H3,(H,22,25). The van der Waals surface area contributed by atoms with Crippen molar-refractivity contribution >= 4 is 33.2 Å². The normalized spacial score (nSPS) is 14.4. The second-order valence-corrected chi connectivity index (χ2v) is 8.63. The second-order valence-electron chi connectivity index (χ2n) is 6.78. The highest BCUT2D eigenvalue weighted by Crippen LogP contribution is 2.25. The maximum Gasteiger partial charge on any atom is 0.255 e. The predicted octanol–water partition coefficient (Wildman–Crippen LogP) is 2.59. The molecule has 1 aliphatic rings. The Balaban J connectivity index is 1.89. The molecule has 1 aliphatic heterocycles. The molecule has 2 amide bonds. The average molecular weight is 401 g/mol. The van der Waals surface area contributed by atoms with Gasteiger partial charge in [-0.15, -0.1) is 0 Å². The van der Waals surface area contributed by atoms with E-state index in [1.54, 1.807) is 43.0 Å². The molecule has 8 heteroatoms. The van der Waals surface area contributed by atoms with Crippen LogP contribution in [-0.2, 0) is 14.8 Å². The van der Waals surface area contributed by atoms with Crippen LogP contribution in [0.1, 0.15) is 34.3 Å². The Hall–Kier alpha value is -2.71. The molecule has 148 valence electrons. The number of nitrogens with zero attached hydrogens (tertiary/aromatic N) is 1. The summed E-state index contributed by atoms with van der Waals surface area (Å²) in [6.07, 6.45) is 1.35. The summed E-state index contributed by atoms with van der Waals surface area (Å²) in [4.78, 5) is 26.4. The molecule has 3 rings (SSSR count). The number of aryl methyl sites for hydroxylation is 1. The molecule has 0 saturated carbocycles. The summed E-state index contributed by atoms with van der Waals surface area (Å²) < 4.78 is 26.8. The SMILES string of the molecule is CNS(=O)(=O)c1cc(C(=O)Nc2cccc(N3CCCC3=O)c2)cc(C)c1C. The van der Waals surface area contributed by atoms with E-state index in [4.69, 9.17) is 0 Å². The maximum absolute atomic E-state index is 12.7.